The summed E-state index contributed by atoms with van der Waals surface area (Å²) < 4.78 is 7.37. The second-order valence-electron chi connectivity index (χ2n) is 6.89. The van der Waals surface area contributed by atoms with E-state index in [0.717, 1.165) is 22.1 Å². The van der Waals surface area contributed by atoms with E-state index >= 15 is 0 Å². The monoisotopic (exact) mass is 469 g/mol. The normalized spacial score (nSPS) is 12.5. The van der Waals surface area contributed by atoms with Gasteiger partial charge in [0.1, 0.15) is 16.4 Å². The van der Waals surface area contributed by atoms with Crippen molar-refractivity contribution in [2.24, 2.45) is 7.05 Å². The van der Waals surface area contributed by atoms with Crippen molar-refractivity contribution in [3.8, 4) is 22.7 Å². The molecule has 7 nitrogen and oxygen atoms in total. The Balaban J connectivity index is 1.44. The standard InChI is InChI=1S/C21H16ClN5O2S2/c1-11(31-21-26-25-18(27(21)2)12-5-7-13(22)8-6-12)17-23-19(28)16-14(10-30-20(16)24-17)15-4-3-9-29-15/h3-11H,1-2H3,(H,23,24,28). The van der Waals surface area contributed by atoms with Crippen molar-refractivity contribution < 1.29 is 4.42 Å². The van der Waals surface area contributed by atoms with Crippen LogP contribution in [0.2, 0.25) is 5.02 Å². The Bertz CT molecular complexity index is 1420. The van der Waals surface area contributed by atoms with E-state index in [1.165, 1.54) is 23.1 Å². The number of halogens is 1. The summed E-state index contributed by atoms with van der Waals surface area (Å²) in [6.45, 7) is 1.98. The molecule has 4 heterocycles. The van der Waals surface area contributed by atoms with Crippen LogP contribution in [0.4, 0.5) is 0 Å². The minimum atomic E-state index is -0.181. The number of nitrogens with one attached hydrogen (secondary N) is 1. The molecule has 156 valence electrons. The van der Waals surface area contributed by atoms with Crippen molar-refractivity contribution in [2.75, 3.05) is 0 Å². The largest absolute Gasteiger partial charge is 0.464 e. The van der Waals surface area contributed by atoms with Gasteiger partial charge in [-0.2, -0.15) is 0 Å². The zero-order valence-corrected chi connectivity index (χ0v) is 18.9. The molecule has 0 aliphatic heterocycles. The quantitative estimate of drug-likeness (QED) is 0.339. The van der Waals surface area contributed by atoms with E-state index in [1.807, 2.05) is 54.3 Å². The molecule has 1 unspecified atom stereocenters. The molecule has 1 atom stereocenters. The highest BCUT2D eigenvalue weighted by Gasteiger charge is 2.20. The SMILES string of the molecule is CC(Sc1nnc(-c2ccc(Cl)cc2)n1C)c1nc2scc(-c3ccco3)c2c(=O)[nH]1. The molecule has 31 heavy (non-hydrogen) atoms. The van der Waals surface area contributed by atoms with Gasteiger partial charge in [-0.05, 0) is 43.3 Å². The van der Waals surface area contributed by atoms with Crippen molar-refractivity contribution in [3.05, 3.63) is 69.2 Å². The van der Waals surface area contributed by atoms with Crippen LogP contribution in [0.25, 0.3) is 32.9 Å². The lowest BCUT2D eigenvalue weighted by atomic mass is 10.2. The number of H-pyrrole nitrogens is 1. The Morgan fingerprint density at radius 2 is 2.03 bits per heavy atom. The van der Waals surface area contributed by atoms with Crippen LogP contribution in [0.5, 0.6) is 0 Å². The van der Waals surface area contributed by atoms with Crippen molar-refractivity contribution in [1.82, 2.24) is 24.7 Å². The average Bonchev–Trinajstić information content (AvgIpc) is 3.49. The first-order valence-electron chi connectivity index (χ1n) is 9.38. The maximum Gasteiger partial charge on any atom is 0.260 e. The summed E-state index contributed by atoms with van der Waals surface area (Å²) in [4.78, 5) is 21.1. The van der Waals surface area contributed by atoms with Gasteiger partial charge in [-0.15, -0.1) is 21.5 Å². The fourth-order valence-electron chi connectivity index (χ4n) is 3.25. The van der Waals surface area contributed by atoms with E-state index in [4.69, 9.17) is 21.0 Å². The van der Waals surface area contributed by atoms with Crippen LogP contribution >= 0.6 is 34.7 Å². The minimum Gasteiger partial charge on any atom is -0.464 e. The molecule has 0 bridgehead atoms. The number of benzene rings is 1. The first-order chi connectivity index (χ1) is 15.0. The van der Waals surface area contributed by atoms with Gasteiger partial charge in [0.05, 0.1) is 16.9 Å². The van der Waals surface area contributed by atoms with Crippen LogP contribution in [0, 0.1) is 0 Å². The van der Waals surface area contributed by atoms with Crippen molar-refractivity contribution >= 4 is 44.9 Å². The van der Waals surface area contributed by atoms with Gasteiger partial charge in [-0.1, -0.05) is 23.4 Å². The Kier molecular flexibility index (Phi) is 5.17. The number of hydrogen-bond acceptors (Lipinski definition) is 7. The van der Waals surface area contributed by atoms with Crippen molar-refractivity contribution in [3.63, 3.8) is 0 Å². The zero-order valence-electron chi connectivity index (χ0n) is 16.5. The van der Waals surface area contributed by atoms with Gasteiger partial charge in [0.25, 0.3) is 5.56 Å². The highest BCUT2D eigenvalue weighted by atomic mass is 35.5. The summed E-state index contributed by atoms with van der Waals surface area (Å²) >= 11 is 8.88. The first-order valence-corrected chi connectivity index (χ1v) is 11.5. The van der Waals surface area contributed by atoms with Crippen molar-refractivity contribution in [1.29, 1.82) is 0 Å². The second-order valence-corrected chi connectivity index (χ2v) is 9.49. The second kappa shape index (κ2) is 7.99. The molecule has 5 aromatic rings. The fraction of sp³-hybridized carbons (Fsp3) is 0.143. The van der Waals surface area contributed by atoms with Crippen LogP contribution in [0.3, 0.4) is 0 Å². The summed E-state index contributed by atoms with van der Waals surface area (Å²) in [5.41, 5.74) is 1.50. The highest BCUT2D eigenvalue weighted by molar-refractivity contribution is 7.99. The van der Waals surface area contributed by atoms with Gasteiger partial charge in [-0.25, -0.2) is 4.98 Å². The van der Waals surface area contributed by atoms with Gasteiger partial charge < -0.3 is 14.0 Å². The molecule has 0 aliphatic carbocycles. The number of nitrogens with zero attached hydrogens (tertiary/aromatic N) is 4. The lowest BCUT2D eigenvalue weighted by Crippen LogP contribution is -2.12. The van der Waals surface area contributed by atoms with E-state index in [1.54, 1.807) is 12.3 Å². The predicted molar refractivity (Wildman–Crippen MR) is 124 cm³/mol. The van der Waals surface area contributed by atoms with E-state index in [-0.39, 0.29) is 10.8 Å². The number of furan rings is 1. The molecule has 0 radical (unpaired) electrons. The number of thioether (sulfide) groups is 1. The molecule has 0 saturated carbocycles. The molecule has 0 amide bonds. The minimum absolute atomic E-state index is 0.132. The Hall–Kier alpha value is -2.88. The number of aromatic nitrogens is 5. The van der Waals surface area contributed by atoms with Gasteiger partial charge in [0.15, 0.2) is 11.0 Å². The number of hydrogen-bond donors (Lipinski definition) is 1. The maximum atomic E-state index is 12.8. The summed E-state index contributed by atoms with van der Waals surface area (Å²) in [5, 5.41) is 12.3. The fourth-order valence-corrected chi connectivity index (χ4v) is 5.19. The molecule has 1 N–H and O–H groups in total. The number of thiophene rings is 1. The van der Waals surface area contributed by atoms with Gasteiger partial charge in [0, 0.05) is 28.6 Å². The third-order valence-corrected chi connectivity index (χ3v) is 7.12. The molecule has 4 aromatic heterocycles. The van der Waals surface area contributed by atoms with Gasteiger partial charge in [-0.3, -0.25) is 4.79 Å². The van der Waals surface area contributed by atoms with Crippen LogP contribution in [-0.4, -0.2) is 24.7 Å². The molecule has 0 fully saturated rings. The third-order valence-electron chi connectivity index (χ3n) is 4.85. The third kappa shape index (κ3) is 3.69. The summed E-state index contributed by atoms with van der Waals surface area (Å²) in [5.74, 6) is 1.98. The number of rotatable bonds is 5. The molecule has 0 aliphatic rings. The lowest BCUT2D eigenvalue weighted by molar-refractivity contribution is 0.583. The van der Waals surface area contributed by atoms with Crippen LogP contribution in [-0.2, 0) is 7.05 Å². The topological polar surface area (TPSA) is 89.6 Å². The van der Waals surface area contributed by atoms with E-state index in [2.05, 4.69) is 15.2 Å². The molecular formula is C21H16ClN5O2S2. The molecule has 5 rings (SSSR count). The predicted octanol–water partition coefficient (Wildman–Crippen LogP) is 5.55. The molecule has 0 saturated heterocycles. The first kappa shape index (κ1) is 20.0. The maximum absolute atomic E-state index is 12.8. The average molecular weight is 470 g/mol. The van der Waals surface area contributed by atoms with Gasteiger partial charge >= 0.3 is 0 Å². The molecule has 0 spiro atoms. The van der Waals surface area contributed by atoms with Crippen LogP contribution in [0.1, 0.15) is 18.0 Å². The van der Waals surface area contributed by atoms with Crippen LogP contribution < -0.4 is 5.56 Å². The van der Waals surface area contributed by atoms with Gasteiger partial charge in [0.2, 0.25) is 0 Å². The van der Waals surface area contributed by atoms with E-state index in [9.17, 15) is 4.79 Å². The van der Waals surface area contributed by atoms with Crippen molar-refractivity contribution in [2.45, 2.75) is 17.3 Å². The Labute approximate surface area is 190 Å². The Morgan fingerprint density at radius 1 is 1.23 bits per heavy atom. The highest BCUT2D eigenvalue weighted by Crippen LogP contribution is 2.35. The summed E-state index contributed by atoms with van der Waals surface area (Å²) in [6.07, 6.45) is 1.59. The van der Waals surface area contributed by atoms with E-state index < -0.39 is 0 Å². The van der Waals surface area contributed by atoms with Crippen LogP contribution in [0.15, 0.2) is 62.4 Å². The lowest BCUT2D eigenvalue weighted by Gasteiger charge is -2.10. The van der Waals surface area contributed by atoms with E-state index in [0.29, 0.717) is 26.8 Å². The number of aromatic amines is 1. The molecular weight excluding hydrogens is 454 g/mol. The molecule has 1 aromatic carbocycles. The Morgan fingerprint density at radius 3 is 2.77 bits per heavy atom. The smallest absolute Gasteiger partial charge is 0.260 e. The zero-order chi connectivity index (χ0) is 21.5. The molecule has 10 heteroatoms. The summed E-state index contributed by atoms with van der Waals surface area (Å²) in [7, 11) is 1.91. The summed E-state index contributed by atoms with van der Waals surface area (Å²) in [6, 6.07) is 11.1. The number of fused-ring (bicyclic) bond motifs is 1.